The summed E-state index contributed by atoms with van der Waals surface area (Å²) in [6, 6.07) is 2.01. The number of rotatable bonds is 3. The summed E-state index contributed by atoms with van der Waals surface area (Å²) in [4.78, 5) is 22.7. The molecule has 1 aliphatic heterocycles. The Bertz CT molecular complexity index is 476. The first kappa shape index (κ1) is 13.8. The predicted octanol–water partition coefficient (Wildman–Crippen LogP) is 1.59. The summed E-state index contributed by atoms with van der Waals surface area (Å²) in [6.07, 6.45) is 0.889. The largest absolute Gasteiger partial charge is 0.469 e. The number of aromatic nitrogens is 2. The fourth-order valence-electron chi connectivity index (χ4n) is 2.57. The first-order valence-corrected chi connectivity index (χ1v) is 6.72. The molecule has 0 radical (unpaired) electrons. The summed E-state index contributed by atoms with van der Waals surface area (Å²) in [6.45, 7) is 7.57. The third-order valence-electron chi connectivity index (χ3n) is 3.68. The second kappa shape index (κ2) is 5.55. The van der Waals surface area contributed by atoms with E-state index in [0.29, 0.717) is 6.54 Å². The van der Waals surface area contributed by atoms with Gasteiger partial charge in [0.1, 0.15) is 11.6 Å². The lowest BCUT2D eigenvalue weighted by Gasteiger charge is -2.18. The van der Waals surface area contributed by atoms with Gasteiger partial charge in [0.15, 0.2) is 0 Å². The van der Waals surface area contributed by atoms with Crippen molar-refractivity contribution in [1.29, 1.82) is 0 Å². The molecule has 1 fully saturated rings. The molecular weight excluding hydrogens is 242 g/mol. The predicted molar refractivity (Wildman–Crippen MR) is 73.0 cm³/mol. The van der Waals surface area contributed by atoms with Crippen LogP contribution in [0.1, 0.15) is 25.4 Å². The Labute approximate surface area is 114 Å². The van der Waals surface area contributed by atoms with Crippen LogP contribution >= 0.6 is 0 Å². The molecule has 1 aromatic rings. The molecule has 0 aromatic carbocycles. The zero-order valence-electron chi connectivity index (χ0n) is 12.0. The third-order valence-corrected chi connectivity index (χ3v) is 3.68. The van der Waals surface area contributed by atoms with Crippen molar-refractivity contribution in [1.82, 2.24) is 9.97 Å². The van der Waals surface area contributed by atoms with Gasteiger partial charge in [-0.15, -0.1) is 0 Å². The molecule has 0 spiro atoms. The number of anilines is 1. The van der Waals surface area contributed by atoms with Crippen molar-refractivity contribution in [2.75, 3.05) is 25.1 Å². The van der Waals surface area contributed by atoms with Crippen molar-refractivity contribution in [3.05, 3.63) is 17.6 Å². The molecule has 0 amide bonds. The van der Waals surface area contributed by atoms with E-state index in [9.17, 15) is 4.79 Å². The number of hydrogen-bond acceptors (Lipinski definition) is 5. The standard InChI is InChI=1S/C14H21N3O2/c1-5-11-6-13(16-10(3)15-11)17-7-9(2)12(8-17)14(18)19-4/h6,9,12H,5,7-8H2,1-4H3. The van der Waals surface area contributed by atoms with Crippen LogP contribution in [0, 0.1) is 18.8 Å². The highest BCUT2D eigenvalue weighted by Crippen LogP contribution is 2.28. The lowest BCUT2D eigenvalue weighted by molar-refractivity contribution is -0.145. The number of carbonyl (C=O) groups excluding carboxylic acids is 1. The Morgan fingerprint density at radius 2 is 2.21 bits per heavy atom. The summed E-state index contributed by atoms with van der Waals surface area (Å²) in [5.41, 5.74) is 1.04. The first-order chi connectivity index (χ1) is 9.05. The molecule has 0 saturated carbocycles. The van der Waals surface area contributed by atoms with Crippen LogP contribution in [0.5, 0.6) is 0 Å². The van der Waals surface area contributed by atoms with E-state index in [1.165, 1.54) is 7.11 Å². The highest BCUT2D eigenvalue weighted by molar-refractivity contribution is 5.74. The summed E-state index contributed by atoms with van der Waals surface area (Å²) in [7, 11) is 1.45. The van der Waals surface area contributed by atoms with Gasteiger partial charge >= 0.3 is 5.97 Å². The maximum atomic E-state index is 11.7. The monoisotopic (exact) mass is 263 g/mol. The van der Waals surface area contributed by atoms with Crippen LogP contribution in [0.2, 0.25) is 0 Å². The fraction of sp³-hybridized carbons (Fsp3) is 0.643. The summed E-state index contributed by atoms with van der Waals surface area (Å²) < 4.78 is 4.86. The van der Waals surface area contributed by atoms with Crippen molar-refractivity contribution in [2.24, 2.45) is 11.8 Å². The van der Waals surface area contributed by atoms with Gasteiger partial charge < -0.3 is 9.64 Å². The number of nitrogens with zero attached hydrogens (tertiary/aromatic N) is 3. The lowest BCUT2D eigenvalue weighted by atomic mass is 9.99. The molecule has 19 heavy (non-hydrogen) atoms. The van der Waals surface area contributed by atoms with Crippen LogP contribution in [0.4, 0.5) is 5.82 Å². The van der Waals surface area contributed by atoms with E-state index in [1.807, 2.05) is 13.0 Å². The van der Waals surface area contributed by atoms with Crippen LogP contribution in [0.15, 0.2) is 6.07 Å². The van der Waals surface area contributed by atoms with Gasteiger partial charge in [-0.1, -0.05) is 13.8 Å². The fourth-order valence-corrected chi connectivity index (χ4v) is 2.57. The Kier molecular flexibility index (Phi) is 4.02. The molecule has 104 valence electrons. The van der Waals surface area contributed by atoms with Crippen molar-refractivity contribution in [3.63, 3.8) is 0 Å². The van der Waals surface area contributed by atoms with Crippen LogP contribution in [-0.4, -0.2) is 36.1 Å². The van der Waals surface area contributed by atoms with E-state index in [2.05, 4.69) is 28.7 Å². The first-order valence-electron chi connectivity index (χ1n) is 6.72. The SMILES string of the molecule is CCc1cc(N2CC(C)C(C(=O)OC)C2)nc(C)n1. The highest BCUT2D eigenvalue weighted by Gasteiger charge is 2.36. The second-order valence-corrected chi connectivity index (χ2v) is 5.13. The van der Waals surface area contributed by atoms with E-state index < -0.39 is 0 Å². The number of carbonyl (C=O) groups is 1. The molecule has 5 heteroatoms. The summed E-state index contributed by atoms with van der Waals surface area (Å²) >= 11 is 0. The van der Waals surface area contributed by atoms with E-state index in [1.54, 1.807) is 0 Å². The zero-order chi connectivity index (χ0) is 14.0. The Morgan fingerprint density at radius 1 is 1.47 bits per heavy atom. The maximum Gasteiger partial charge on any atom is 0.310 e. The van der Waals surface area contributed by atoms with Crippen molar-refractivity contribution in [2.45, 2.75) is 27.2 Å². The third kappa shape index (κ3) is 2.85. The molecule has 2 unspecified atom stereocenters. The van der Waals surface area contributed by atoms with Gasteiger partial charge in [-0.3, -0.25) is 4.79 Å². The van der Waals surface area contributed by atoms with Crippen molar-refractivity contribution < 1.29 is 9.53 Å². The highest BCUT2D eigenvalue weighted by atomic mass is 16.5. The summed E-state index contributed by atoms with van der Waals surface area (Å²) in [5, 5.41) is 0. The molecule has 1 aliphatic rings. The van der Waals surface area contributed by atoms with Crippen molar-refractivity contribution >= 4 is 11.8 Å². The second-order valence-electron chi connectivity index (χ2n) is 5.13. The molecule has 0 N–H and O–H groups in total. The normalized spacial score (nSPS) is 22.6. The molecule has 0 bridgehead atoms. The van der Waals surface area contributed by atoms with Gasteiger partial charge in [0.05, 0.1) is 13.0 Å². The Hall–Kier alpha value is -1.65. The summed E-state index contributed by atoms with van der Waals surface area (Å²) in [5.74, 6) is 1.79. The van der Waals surface area contributed by atoms with E-state index >= 15 is 0 Å². The maximum absolute atomic E-state index is 11.7. The van der Waals surface area contributed by atoms with Crippen LogP contribution < -0.4 is 4.90 Å². The van der Waals surface area contributed by atoms with Gasteiger partial charge in [0, 0.05) is 24.8 Å². The molecule has 5 nitrogen and oxygen atoms in total. The molecule has 2 rings (SSSR count). The van der Waals surface area contributed by atoms with E-state index in [4.69, 9.17) is 4.74 Å². The topological polar surface area (TPSA) is 55.3 Å². The molecule has 1 aromatic heterocycles. The van der Waals surface area contributed by atoms with Gasteiger partial charge in [0.2, 0.25) is 0 Å². The minimum atomic E-state index is -0.128. The Morgan fingerprint density at radius 3 is 2.84 bits per heavy atom. The minimum absolute atomic E-state index is 0.0645. The number of aryl methyl sites for hydroxylation is 2. The van der Waals surface area contributed by atoms with Gasteiger partial charge in [-0.05, 0) is 19.3 Å². The van der Waals surface area contributed by atoms with E-state index in [0.717, 1.165) is 30.3 Å². The van der Waals surface area contributed by atoms with Gasteiger partial charge in [0.25, 0.3) is 0 Å². The minimum Gasteiger partial charge on any atom is -0.469 e. The van der Waals surface area contributed by atoms with Crippen LogP contribution in [-0.2, 0) is 16.0 Å². The number of esters is 1. The van der Waals surface area contributed by atoms with Crippen molar-refractivity contribution in [3.8, 4) is 0 Å². The van der Waals surface area contributed by atoms with E-state index in [-0.39, 0.29) is 17.8 Å². The smallest absolute Gasteiger partial charge is 0.310 e. The average molecular weight is 263 g/mol. The number of hydrogen-bond donors (Lipinski definition) is 0. The van der Waals surface area contributed by atoms with Crippen LogP contribution in [0.25, 0.3) is 0 Å². The van der Waals surface area contributed by atoms with Gasteiger partial charge in [-0.25, -0.2) is 9.97 Å². The number of methoxy groups -OCH3 is 1. The van der Waals surface area contributed by atoms with Gasteiger partial charge in [-0.2, -0.15) is 0 Å². The molecule has 0 aliphatic carbocycles. The number of ether oxygens (including phenoxy) is 1. The van der Waals surface area contributed by atoms with Crippen LogP contribution in [0.3, 0.4) is 0 Å². The zero-order valence-corrected chi connectivity index (χ0v) is 12.0. The molecule has 2 heterocycles. The lowest BCUT2D eigenvalue weighted by Crippen LogP contribution is -2.25. The molecule has 1 saturated heterocycles. The molecular formula is C14H21N3O2. The molecule has 2 atom stereocenters. The Balaban J connectivity index is 2.20. The quantitative estimate of drug-likeness (QED) is 0.775. The average Bonchev–Trinajstić information content (AvgIpc) is 2.79.